The molecule has 0 aliphatic carbocycles. The lowest BCUT2D eigenvalue weighted by molar-refractivity contribution is -0.153. The van der Waals surface area contributed by atoms with E-state index in [0.29, 0.717) is 11.3 Å². The van der Waals surface area contributed by atoms with E-state index in [9.17, 15) is 9.90 Å². The number of hydrogen-bond donors (Lipinski definition) is 1. The highest BCUT2D eigenvalue weighted by Gasteiger charge is 2.18. The summed E-state index contributed by atoms with van der Waals surface area (Å²) in [6, 6.07) is 6.79. The highest BCUT2D eigenvalue weighted by molar-refractivity contribution is 5.76. The van der Waals surface area contributed by atoms with Gasteiger partial charge in [-0.05, 0) is 24.6 Å². The van der Waals surface area contributed by atoms with E-state index < -0.39 is 12.1 Å². The van der Waals surface area contributed by atoms with Crippen LogP contribution in [-0.2, 0) is 9.53 Å². The largest absolute Gasteiger partial charge is 0.464 e. The molecule has 0 radical (unpaired) electrons. The van der Waals surface area contributed by atoms with Gasteiger partial charge in [0.2, 0.25) is 0 Å². The maximum absolute atomic E-state index is 11.4. The summed E-state index contributed by atoms with van der Waals surface area (Å²) in [5.74, 6) is -0.664. The topological polar surface area (TPSA) is 77.2 Å². The Kier molecular flexibility index (Phi) is 3.69. The molecule has 0 aliphatic heterocycles. The summed E-state index contributed by atoms with van der Waals surface area (Å²) in [6.45, 7) is 1.92. The van der Waals surface area contributed by atoms with E-state index in [0.717, 1.165) is 0 Å². The van der Waals surface area contributed by atoms with Crippen molar-refractivity contribution in [2.45, 2.75) is 13.0 Å². The number of ether oxygens (including phenoxy) is 1. The van der Waals surface area contributed by atoms with Crippen molar-refractivity contribution in [3.8, 4) is 5.69 Å². The van der Waals surface area contributed by atoms with Gasteiger partial charge in [-0.3, -0.25) is 0 Å². The molecule has 18 heavy (non-hydrogen) atoms. The molecule has 6 heteroatoms. The molecular formula is C12H13N3O3. The first-order valence-electron chi connectivity index (χ1n) is 5.53. The smallest absolute Gasteiger partial charge is 0.339 e. The van der Waals surface area contributed by atoms with Gasteiger partial charge in [0.15, 0.2) is 6.10 Å². The van der Waals surface area contributed by atoms with Crippen molar-refractivity contribution in [3.63, 3.8) is 0 Å². The Bertz CT molecular complexity index is 525. The van der Waals surface area contributed by atoms with Crippen molar-refractivity contribution in [1.82, 2.24) is 15.0 Å². The normalized spacial score (nSPS) is 12.1. The third-order valence-corrected chi connectivity index (χ3v) is 2.35. The maximum atomic E-state index is 11.4. The lowest BCUT2D eigenvalue weighted by atomic mass is 10.1. The van der Waals surface area contributed by atoms with Crippen molar-refractivity contribution in [2.24, 2.45) is 0 Å². The predicted octanol–water partition coefficient (Wildman–Crippen LogP) is 0.864. The quantitative estimate of drug-likeness (QED) is 0.811. The highest BCUT2D eigenvalue weighted by atomic mass is 16.5. The Hall–Kier alpha value is -2.21. The fourth-order valence-corrected chi connectivity index (χ4v) is 1.53. The summed E-state index contributed by atoms with van der Waals surface area (Å²) in [5.41, 5.74) is 1.11. The zero-order chi connectivity index (χ0) is 13.0. The number of hydrogen-bond acceptors (Lipinski definition) is 5. The van der Waals surface area contributed by atoms with Crippen molar-refractivity contribution in [1.29, 1.82) is 0 Å². The summed E-state index contributed by atoms with van der Waals surface area (Å²) in [5, 5.41) is 17.8. The second-order valence-electron chi connectivity index (χ2n) is 3.57. The number of aliphatic hydroxyl groups is 1. The van der Waals surface area contributed by atoms with Gasteiger partial charge in [-0.15, -0.1) is 0 Å². The number of aliphatic hydroxyl groups excluding tert-OH is 1. The molecule has 0 bridgehead atoms. The molecule has 0 aliphatic rings. The molecule has 6 nitrogen and oxygen atoms in total. The molecule has 0 saturated carbocycles. The van der Waals surface area contributed by atoms with Crippen molar-refractivity contribution < 1.29 is 14.6 Å². The van der Waals surface area contributed by atoms with Gasteiger partial charge in [-0.25, -0.2) is 4.79 Å². The van der Waals surface area contributed by atoms with Crippen LogP contribution in [-0.4, -0.2) is 32.7 Å². The van der Waals surface area contributed by atoms with Crippen LogP contribution in [0.25, 0.3) is 5.69 Å². The standard InChI is InChI=1S/C12H13N3O3/c1-2-18-12(17)11(16)9-4-3-5-10(8-9)15-13-6-7-14-15/h3-8,11,16H,2H2,1H3. The molecule has 0 spiro atoms. The molecular weight excluding hydrogens is 234 g/mol. The molecule has 1 atom stereocenters. The third kappa shape index (κ3) is 2.54. The van der Waals surface area contributed by atoms with Crippen LogP contribution >= 0.6 is 0 Å². The minimum absolute atomic E-state index is 0.232. The molecule has 0 fully saturated rings. The molecule has 1 aromatic heterocycles. The zero-order valence-corrected chi connectivity index (χ0v) is 9.85. The third-order valence-electron chi connectivity index (χ3n) is 2.35. The molecule has 1 heterocycles. The average molecular weight is 247 g/mol. The summed E-state index contributed by atoms with van der Waals surface area (Å²) in [7, 11) is 0. The second kappa shape index (κ2) is 5.42. The molecule has 0 amide bonds. The maximum Gasteiger partial charge on any atom is 0.339 e. The number of rotatable bonds is 4. The SMILES string of the molecule is CCOC(=O)C(O)c1cccc(-n2nccn2)c1. The second-order valence-corrected chi connectivity index (χ2v) is 3.57. The molecule has 2 aromatic rings. The van der Waals surface area contributed by atoms with Gasteiger partial charge >= 0.3 is 5.97 Å². The summed E-state index contributed by atoms with van der Waals surface area (Å²) < 4.78 is 4.76. The van der Waals surface area contributed by atoms with Crippen LogP contribution in [0, 0.1) is 0 Å². The first-order chi connectivity index (χ1) is 8.72. The fourth-order valence-electron chi connectivity index (χ4n) is 1.53. The number of aromatic nitrogens is 3. The minimum atomic E-state index is -1.29. The molecule has 1 N–H and O–H groups in total. The van der Waals surface area contributed by atoms with E-state index in [1.165, 1.54) is 4.80 Å². The van der Waals surface area contributed by atoms with E-state index >= 15 is 0 Å². The Labute approximate surface area is 104 Å². The number of benzene rings is 1. The van der Waals surface area contributed by atoms with E-state index in [4.69, 9.17) is 4.74 Å². The molecule has 94 valence electrons. The summed E-state index contributed by atoms with van der Waals surface area (Å²) in [6.07, 6.45) is 1.81. The highest BCUT2D eigenvalue weighted by Crippen LogP contribution is 2.17. The van der Waals surface area contributed by atoms with Crippen LogP contribution in [0.5, 0.6) is 0 Å². The van der Waals surface area contributed by atoms with Crippen LogP contribution < -0.4 is 0 Å². The predicted molar refractivity (Wildman–Crippen MR) is 63.0 cm³/mol. The molecule has 0 saturated heterocycles. The van der Waals surface area contributed by atoms with Crippen LogP contribution in [0.15, 0.2) is 36.7 Å². The Balaban J connectivity index is 2.25. The lowest BCUT2D eigenvalue weighted by Gasteiger charge is -2.10. The van der Waals surface area contributed by atoms with Crippen LogP contribution in [0.2, 0.25) is 0 Å². The number of carbonyl (C=O) groups excluding carboxylic acids is 1. The van der Waals surface area contributed by atoms with E-state index in [2.05, 4.69) is 10.2 Å². The van der Waals surface area contributed by atoms with Gasteiger partial charge in [-0.2, -0.15) is 15.0 Å². The Morgan fingerprint density at radius 1 is 1.44 bits per heavy atom. The lowest BCUT2D eigenvalue weighted by Crippen LogP contribution is -2.15. The minimum Gasteiger partial charge on any atom is -0.464 e. The van der Waals surface area contributed by atoms with Gasteiger partial charge in [0.1, 0.15) is 0 Å². The number of nitrogens with zero attached hydrogens (tertiary/aromatic N) is 3. The van der Waals surface area contributed by atoms with Crippen molar-refractivity contribution >= 4 is 5.97 Å². The summed E-state index contributed by atoms with van der Waals surface area (Å²) in [4.78, 5) is 12.8. The Morgan fingerprint density at radius 2 is 2.17 bits per heavy atom. The van der Waals surface area contributed by atoms with Gasteiger partial charge in [0, 0.05) is 0 Å². The van der Waals surface area contributed by atoms with Gasteiger partial charge in [-0.1, -0.05) is 12.1 Å². The van der Waals surface area contributed by atoms with Crippen LogP contribution in [0.1, 0.15) is 18.6 Å². The summed E-state index contributed by atoms with van der Waals surface area (Å²) >= 11 is 0. The van der Waals surface area contributed by atoms with Crippen molar-refractivity contribution in [3.05, 3.63) is 42.2 Å². The molecule has 2 rings (SSSR count). The van der Waals surface area contributed by atoms with Crippen LogP contribution in [0.3, 0.4) is 0 Å². The number of carbonyl (C=O) groups is 1. The fraction of sp³-hybridized carbons (Fsp3) is 0.250. The molecule has 1 unspecified atom stereocenters. The van der Waals surface area contributed by atoms with E-state index in [1.54, 1.807) is 43.6 Å². The van der Waals surface area contributed by atoms with Crippen molar-refractivity contribution in [2.75, 3.05) is 6.61 Å². The monoisotopic (exact) mass is 247 g/mol. The van der Waals surface area contributed by atoms with Gasteiger partial charge in [0.25, 0.3) is 0 Å². The van der Waals surface area contributed by atoms with Crippen LogP contribution in [0.4, 0.5) is 0 Å². The van der Waals surface area contributed by atoms with Gasteiger partial charge < -0.3 is 9.84 Å². The van der Waals surface area contributed by atoms with E-state index in [1.807, 2.05) is 0 Å². The first-order valence-corrected chi connectivity index (χ1v) is 5.53. The van der Waals surface area contributed by atoms with Gasteiger partial charge in [0.05, 0.1) is 24.7 Å². The number of esters is 1. The average Bonchev–Trinajstić information content (AvgIpc) is 2.92. The first kappa shape index (κ1) is 12.3. The Morgan fingerprint density at radius 3 is 2.83 bits per heavy atom. The molecule has 1 aromatic carbocycles. The zero-order valence-electron chi connectivity index (χ0n) is 9.85. The van der Waals surface area contributed by atoms with E-state index in [-0.39, 0.29) is 6.61 Å².